The van der Waals surface area contributed by atoms with E-state index in [4.69, 9.17) is 4.74 Å². The van der Waals surface area contributed by atoms with Crippen LogP contribution in [-0.2, 0) is 0 Å². The number of ether oxygens (including phenoxy) is 1. The van der Waals surface area contributed by atoms with Gasteiger partial charge in [0.1, 0.15) is 10.8 Å². The molecule has 0 saturated carbocycles. The Balaban J connectivity index is 2.48. The van der Waals surface area contributed by atoms with Gasteiger partial charge in [0, 0.05) is 6.20 Å². The number of methoxy groups -OCH3 is 1. The first kappa shape index (κ1) is 9.86. The number of carbonyl (C=O) groups excluding carboxylic acids is 1. The molecule has 0 aliphatic carbocycles. The second kappa shape index (κ2) is 4.23. The lowest BCUT2D eigenvalue weighted by Crippen LogP contribution is -1.85. The van der Waals surface area contributed by atoms with Crippen LogP contribution in [-0.4, -0.2) is 18.4 Å². The van der Waals surface area contributed by atoms with Gasteiger partial charge < -0.3 is 4.74 Å². The average Bonchev–Trinajstić information content (AvgIpc) is 2.77. The summed E-state index contributed by atoms with van der Waals surface area (Å²) in [5.74, 6) is 0.768. The molecule has 0 saturated heterocycles. The van der Waals surface area contributed by atoms with Crippen LogP contribution in [0.1, 0.15) is 9.67 Å². The zero-order valence-electron chi connectivity index (χ0n) is 8.14. The maximum Gasteiger partial charge on any atom is 0.161 e. The Morgan fingerprint density at radius 2 is 2.20 bits per heavy atom. The number of nitrogens with zero attached hydrogens (tertiary/aromatic N) is 1. The van der Waals surface area contributed by atoms with E-state index in [1.54, 1.807) is 13.3 Å². The van der Waals surface area contributed by atoms with E-state index in [1.807, 2.05) is 24.3 Å². The molecule has 1 heterocycles. The zero-order valence-corrected chi connectivity index (χ0v) is 8.95. The summed E-state index contributed by atoms with van der Waals surface area (Å²) < 4.78 is 5.22. The lowest BCUT2D eigenvalue weighted by atomic mass is 10.2. The van der Waals surface area contributed by atoms with Gasteiger partial charge in [-0.2, -0.15) is 0 Å². The van der Waals surface area contributed by atoms with E-state index in [-0.39, 0.29) is 0 Å². The number of carbonyl (C=O) groups is 1. The second-order valence-electron chi connectivity index (χ2n) is 2.89. The summed E-state index contributed by atoms with van der Waals surface area (Å²) in [6.07, 6.45) is 2.37. The molecule has 0 aliphatic heterocycles. The molecule has 4 heteroatoms. The van der Waals surface area contributed by atoms with Crippen LogP contribution in [0.15, 0.2) is 30.5 Å². The van der Waals surface area contributed by atoms with Gasteiger partial charge in [-0.15, -0.1) is 11.3 Å². The molecule has 0 radical (unpaired) electrons. The van der Waals surface area contributed by atoms with E-state index in [0.717, 1.165) is 22.6 Å². The Morgan fingerprint density at radius 1 is 1.40 bits per heavy atom. The molecule has 0 N–H and O–H groups in total. The van der Waals surface area contributed by atoms with Crippen LogP contribution in [0.5, 0.6) is 5.75 Å². The minimum absolute atomic E-state index is 0.621. The monoisotopic (exact) mass is 219 g/mol. The van der Waals surface area contributed by atoms with Crippen LogP contribution in [0, 0.1) is 0 Å². The molecule has 3 nitrogen and oxygen atoms in total. The molecular weight excluding hydrogens is 210 g/mol. The fourth-order valence-corrected chi connectivity index (χ4v) is 2.05. The first-order valence-electron chi connectivity index (χ1n) is 4.39. The first-order valence-corrected chi connectivity index (χ1v) is 5.21. The Bertz CT molecular complexity index is 479. The predicted octanol–water partition coefficient (Wildman–Crippen LogP) is 2.63. The molecule has 0 amide bonds. The summed E-state index contributed by atoms with van der Waals surface area (Å²) in [7, 11) is 1.62. The minimum atomic E-state index is 0.621. The smallest absolute Gasteiger partial charge is 0.161 e. The summed E-state index contributed by atoms with van der Waals surface area (Å²) >= 11 is 1.36. The summed E-state index contributed by atoms with van der Waals surface area (Å²) in [5.41, 5.74) is 0.915. The average molecular weight is 219 g/mol. The number of aromatic nitrogens is 1. The van der Waals surface area contributed by atoms with Gasteiger partial charge in [0.05, 0.1) is 17.6 Å². The fourth-order valence-electron chi connectivity index (χ4n) is 1.29. The molecule has 1 aromatic heterocycles. The molecule has 0 fully saturated rings. The van der Waals surface area contributed by atoms with E-state index in [2.05, 4.69) is 4.98 Å². The lowest BCUT2D eigenvalue weighted by Gasteiger charge is -2.04. The zero-order chi connectivity index (χ0) is 10.7. The highest BCUT2D eigenvalue weighted by atomic mass is 32.1. The normalized spacial score (nSPS) is 9.93. The van der Waals surface area contributed by atoms with Crippen LogP contribution in [0.25, 0.3) is 10.6 Å². The number of hydrogen-bond donors (Lipinski definition) is 0. The third-order valence-electron chi connectivity index (χ3n) is 1.98. The molecule has 2 rings (SSSR count). The number of thiazole rings is 1. The van der Waals surface area contributed by atoms with Crippen molar-refractivity contribution in [3.05, 3.63) is 35.3 Å². The number of hydrogen-bond acceptors (Lipinski definition) is 4. The van der Waals surface area contributed by atoms with Crippen LogP contribution in [0.2, 0.25) is 0 Å². The standard InChI is InChI=1S/C11H9NO2S/c1-14-10-5-3-2-4-9(10)11-12-6-8(7-13)15-11/h2-7H,1H3. The predicted molar refractivity (Wildman–Crippen MR) is 59.5 cm³/mol. The highest BCUT2D eigenvalue weighted by Gasteiger charge is 2.08. The molecule has 0 unspecified atom stereocenters. The molecule has 0 spiro atoms. The Kier molecular flexibility index (Phi) is 2.78. The van der Waals surface area contributed by atoms with Gasteiger partial charge in [-0.05, 0) is 12.1 Å². The van der Waals surface area contributed by atoms with Crippen molar-refractivity contribution < 1.29 is 9.53 Å². The quantitative estimate of drug-likeness (QED) is 0.745. The van der Waals surface area contributed by atoms with Crippen LogP contribution < -0.4 is 4.74 Å². The molecule has 0 bridgehead atoms. The Labute approximate surface area is 91.4 Å². The summed E-state index contributed by atoms with van der Waals surface area (Å²) in [6, 6.07) is 7.61. The van der Waals surface area contributed by atoms with Crippen molar-refractivity contribution in [1.82, 2.24) is 4.98 Å². The Morgan fingerprint density at radius 3 is 2.87 bits per heavy atom. The first-order chi connectivity index (χ1) is 7.35. The van der Waals surface area contributed by atoms with Gasteiger partial charge in [0.25, 0.3) is 0 Å². The fraction of sp³-hybridized carbons (Fsp3) is 0.0909. The number of rotatable bonds is 3. The van der Waals surface area contributed by atoms with Crippen LogP contribution in [0.3, 0.4) is 0 Å². The van der Waals surface area contributed by atoms with E-state index < -0.39 is 0 Å². The SMILES string of the molecule is COc1ccccc1-c1ncc(C=O)s1. The van der Waals surface area contributed by atoms with Gasteiger partial charge in [0.2, 0.25) is 0 Å². The number of aldehydes is 1. The molecule has 76 valence electrons. The van der Waals surface area contributed by atoms with E-state index in [1.165, 1.54) is 11.3 Å². The van der Waals surface area contributed by atoms with E-state index in [9.17, 15) is 4.79 Å². The summed E-state index contributed by atoms with van der Waals surface area (Å²) in [4.78, 5) is 15.3. The highest BCUT2D eigenvalue weighted by Crippen LogP contribution is 2.31. The van der Waals surface area contributed by atoms with Gasteiger partial charge in [-0.1, -0.05) is 12.1 Å². The minimum Gasteiger partial charge on any atom is -0.496 e. The third kappa shape index (κ3) is 1.89. The summed E-state index contributed by atoms with van der Waals surface area (Å²) in [6.45, 7) is 0. The van der Waals surface area contributed by atoms with E-state index >= 15 is 0 Å². The van der Waals surface area contributed by atoms with Crippen molar-refractivity contribution >= 4 is 17.6 Å². The van der Waals surface area contributed by atoms with Crippen molar-refractivity contribution in [2.75, 3.05) is 7.11 Å². The van der Waals surface area contributed by atoms with Crippen molar-refractivity contribution in [1.29, 1.82) is 0 Å². The molecule has 0 atom stereocenters. The molecule has 2 aromatic rings. The van der Waals surface area contributed by atoms with Gasteiger partial charge in [0.15, 0.2) is 6.29 Å². The highest BCUT2D eigenvalue weighted by molar-refractivity contribution is 7.16. The molecule has 15 heavy (non-hydrogen) atoms. The summed E-state index contributed by atoms with van der Waals surface area (Å²) in [5, 5.41) is 0.801. The van der Waals surface area contributed by atoms with Gasteiger partial charge in [-0.25, -0.2) is 4.98 Å². The van der Waals surface area contributed by atoms with E-state index in [0.29, 0.717) is 4.88 Å². The largest absolute Gasteiger partial charge is 0.496 e. The van der Waals surface area contributed by atoms with Crippen LogP contribution >= 0.6 is 11.3 Å². The lowest BCUT2D eigenvalue weighted by molar-refractivity contribution is 0.112. The van der Waals surface area contributed by atoms with Gasteiger partial charge >= 0.3 is 0 Å². The third-order valence-corrected chi connectivity index (χ3v) is 2.93. The van der Waals surface area contributed by atoms with Crippen molar-refractivity contribution in [2.45, 2.75) is 0 Å². The number of para-hydroxylation sites is 1. The van der Waals surface area contributed by atoms with Gasteiger partial charge in [-0.3, -0.25) is 4.79 Å². The van der Waals surface area contributed by atoms with Crippen LogP contribution in [0.4, 0.5) is 0 Å². The van der Waals surface area contributed by atoms with Crippen molar-refractivity contribution in [3.63, 3.8) is 0 Å². The second-order valence-corrected chi connectivity index (χ2v) is 3.95. The molecular formula is C11H9NO2S. The Hall–Kier alpha value is -1.68. The maximum absolute atomic E-state index is 10.5. The molecule has 1 aromatic carbocycles. The molecule has 0 aliphatic rings. The maximum atomic E-state index is 10.5. The van der Waals surface area contributed by atoms with Crippen molar-refractivity contribution in [2.24, 2.45) is 0 Å². The van der Waals surface area contributed by atoms with Crippen molar-refractivity contribution in [3.8, 4) is 16.3 Å². The number of benzene rings is 1. The topological polar surface area (TPSA) is 39.2 Å².